The van der Waals surface area contributed by atoms with Crippen LogP contribution in [0.15, 0.2) is 16.7 Å². The average Bonchev–Trinajstić information content (AvgIpc) is 3.17. The Bertz CT molecular complexity index is 736. The standard InChI is InChI=1S/C16H21ClN4O3/c1-21-7-6-16(18,9-21)15-19-12(20-24-15)8-10-4-5-11(22-2)14(23-3)13(10)17/h4-5H,6-9,18H2,1-3H3. The molecule has 130 valence electrons. The molecule has 24 heavy (non-hydrogen) atoms. The second-order valence-electron chi connectivity index (χ2n) is 6.11. The van der Waals surface area contributed by atoms with Crippen molar-refractivity contribution in [2.24, 2.45) is 5.73 Å². The SMILES string of the molecule is COc1ccc(Cc2noc(C3(N)CCN(C)C3)n2)c(Cl)c1OC. The molecule has 1 aromatic carbocycles. The average molecular weight is 353 g/mol. The second-order valence-corrected chi connectivity index (χ2v) is 6.49. The number of hydrogen-bond acceptors (Lipinski definition) is 7. The highest BCUT2D eigenvalue weighted by atomic mass is 35.5. The van der Waals surface area contributed by atoms with Gasteiger partial charge in [-0.3, -0.25) is 0 Å². The van der Waals surface area contributed by atoms with E-state index in [1.165, 1.54) is 0 Å². The van der Waals surface area contributed by atoms with Crippen molar-refractivity contribution >= 4 is 11.6 Å². The van der Waals surface area contributed by atoms with E-state index in [0.29, 0.717) is 41.2 Å². The van der Waals surface area contributed by atoms with Gasteiger partial charge in [-0.15, -0.1) is 0 Å². The summed E-state index contributed by atoms with van der Waals surface area (Å²) in [6.07, 6.45) is 1.22. The largest absolute Gasteiger partial charge is 0.493 e. The Morgan fingerprint density at radius 3 is 2.79 bits per heavy atom. The zero-order chi connectivity index (χ0) is 17.3. The van der Waals surface area contributed by atoms with Gasteiger partial charge in [0.1, 0.15) is 5.54 Å². The van der Waals surface area contributed by atoms with E-state index in [9.17, 15) is 0 Å². The maximum absolute atomic E-state index is 6.40. The van der Waals surface area contributed by atoms with Crippen LogP contribution >= 0.6 is 11.6 Å². The van der Waals surface area contributed by atoms with Gasteiger partial charge in [-0.2, -0.15) is 4.98 Å². The van der Waals surface area contributed by atoms with Crippen LogP contribution in [0.1, 0.15) is 23.7 Å². The Labute approximate surface area is 145 Å². The Kier molecular flexibility index (Phi) is 4.67. The van der Waals surface area contributed by atoms with Crippen molar-refractivity contribution in [3.63, 3.8) is 0 Å². The molecule has 8 heteroatoms. The van der Waals surface area contributed by atoms with Crippen LogP contribution in [-0.2, 0) is 12.0 Å². The molecule has 0 spiro atoms. The van der Waals surface area contributed by atoms with Gasteiger partial charge in [0, 0.05) is 19.5 Å². The maximum atomic E-state index is 6.40. The third kappa shape index (κ3) is 3.07. The molecule has 0 amide bonds. The molecule has 1 aliphatic heterocycles. The fourth-order valence-corrected chi connectivity index (χ4v) is 3.27. The van der Waals surface area contributed by atoms with Crippen LogP contribution in [0.25, 0.3) is 0 Å². The molecule has 0 radical (unpaired) electrons. The quantitative estimate of drug-likeness (QED) is 0.878. The van der Waals surface area contributed by atoms with Crippen molar-refractivity contribution in [1.29, 1.82) is 0 Å². The number of benzene rings is 1. The number of nitrogens with zero attached hydrogens (tertiary/aromatic N) is 3. The molecule has 1 aromatic heterocycles. The van der Waals surface area contributed by atoms with E-state index < -0.39 is 5.54 Å². The summed E-state index contributed by atoms with van der Waals surface area (Å²) in [5, 5.41) is 4.53. The first-order valence-electron chi connectivity index (χ1n) is 7.66. The molecule has 1 atom stereocenters. The van der Waals surface area contributed by atoms with E-state index >= 15 is 0 Å². The minimum atomic E-state index is -0.582. The zero-order valence-corrected chi connectivity index (χ0v) is 14.8. The van der Waals surface area contributed by atoms with Crippen LogP contribution in [-0.4, -0.2) is 49.4 Å². The Morgan fingerprint density at radius 1 is 1.38 bits per heavy atom. The summed E-state index contributed by atoms with van der Waals surface area (Å²) in [5.74, 6) is 2.08. The maximum Gasteiger partial charge on any atom is 0.248 e. The van der Waals surface area contributed by atoms with Crippen molar-refractivity contribution in [2.75, 3.05) is 34.4 Å². The molecular formula is C16H21ClN4O3. The summed E-state index contributed by atoms with van der Waals surface area (Å²) < 4.78 is 16.0. The Balaban J connectivity index is 1.83. The summed E-state index contributed by atoms with van der Waals surface area (Å²) in [6.45, 7) is 1.61. The molecule has 1 unspecified atom stereocenters. The van der Waals surface area contributed by atoms with Gasteiger partial charge in [-0.25, -0.2) is 0 Å². The van der Waals surface area contributed by atoms with Gasteiger partial charge in [0.05, 0.1) is 19.2 Å². The fourth-order valence-electron chi connectivity index (χ4n) is 2.97. The van der Waals surface area contributed by atoms with Gasteiger partial charge < -0.3 is 24.6 Å². The number of ether oxygens (including phenoxy) is 2. The van der Waals surface area contributed by atoms with E-state index in [2.05, 4.69) is 15.0 Å². The normalized spacial score (nSPS) is 21.2. The highest BCUT2D eigenvalue weighted by Crippen LogP contribution is 2.38. The van der Waals surface area contributed by atoms with Crippen molar-refractivity contribution in [3.05, 3.63) is 34.4 Å². The molecule has 3 rings (SSSR count). The van der Waals surface area contributed by atoms with Crippen molar-refractivity contribution in [3.8, 4) is 11.5 Å². The number of likely N-dealkylation sites (N-methyl/N-ethyl adjacent to an activating group) is 1. The number of rotatable bonds is 5. The first-order chi connectivity index (χ1) is 11.5. The molecule has 0 bridgehead atoms. The molecule has 2 aromatic rings. The van der Waals surface area contributed by atoms with Gasteiger partial charge in [0.2, 0.25) is 5.89 Å². The predicted octanol–water partition coefficient (Wildman–Crippen LogP) is 1.82. The molecule has 2 N–H and O–H groups in total. The lowest BCUT2D eigenvalue weighted by Gasteiger charge is -2.18. The number of halogens is 1. The van der Waals surface area contributed by atoms with E-state index in [-0.39, 0.29) is 0 Å². The molecule has 0 saturated carbocycles. The van der Waals surface area contributed by atoms with Gasteiger partial charge in [0.15, 0.2) is 17.3 Å². The van der Waals surface area contributed by atoms with Crippen LogP contribution < -0.4 is 15.2 Å². The first-order valence-corrected chi connectivity index (χ1v) is 8.04. The van der Waals surface area contributed by atoms with Crippen molar-refractivity contribution < 1.29 is 14.0 Å². The highest BCUT2D eigenvalue weighted by molar-refractivity contribution is 6.33. The monoisotopic (exact) mass is 352 g/mol. The van der Waals surface area contributed by atoms with E-state index in [1.807, 2.05) is 13.1 Å². The van der Waals surface area contributed by atoms with E-state index in [0.717, 1.165) is 18.5 Å². The molecule has 1 fully saturated rings. The lowest BCUT2D eigenvalue weighted by Crippen LogP contribution is -2.39. The number of nitrogens with two attached hydrogens (primary N) is 1. The smallest absolute Gasteiger partial charge is 0.248 e. The molecule has 2 heterocycles. The minimum absolute atomic E-state index is 0.425. The summed E-state index contributed by atoms with van der Waals surface area (Å²) in [7, 11) is 5.14. The second kappa shape index (κ2) is 6.58. The summed E-state index contributed by atoms with van der Waals surface area (Å²) in [5.41, 5.74) is 6.64. The van der Waals surface area contributed by atoms with E-state index in [4.69, 9.17) is 31.3 Å². The van der Waals surface area contributed by atoms with Crippen molar-refractivity contribution in [2.45, 2.75) is 18.4 Å². The molecule has 0 aliphatic carbocycles. The van der Waals surface area contributed by atoms with Gasteiger partial charge in [0.25, 0.3) is 0 Å². The van der Waals surface area contributed by atoms with Crippen molar-refractivity contribution in [1.82, 2.24) is 15.0 Å². The van der Waals surface area contributed by atoms with Gasteiger partial charge >= 0.3 is 0 Å². The van der Waals surface area contributed by atoms with E-state index in [1.54, 1.807) is 20.3 Å². The molecule has 1 saturated heterocycles. The third-order valence-electron chi connectivity index (χ3n) is 4.30. The molecule has 1 aliphatic rings. The van der Waals surface area contributed by atoms with Crippen LogP contribution in [0, 0.1) is 0 Å². The summed E-state index contributed by atoms with van der Waals surface area (Å²) in [4.78, 5) is 6.62. The minimum Gasteiger partial charge on any atom is -0.493 e. The summed E-state index contributed by atoms with van der Waals surface area (Å²) >= 11 is 6.40. The fraction of sp³-hybridized carbons (Fsp3) is 0.500. The first kappa shape index (κ1) is 17.0. The number of methoxy groups -OCH3 is 2. The number of likely N-dealkylation sites (tertiary alicyclic amines) is 1. The highest BCUT2D eigenvalue weighted by Gasteiger charge is 2.39. The zero-order valence-electron chi connectivity index (χ0n) is 14.0. The topological polar surface area (TPSA) is 86.6 Å². The van der Waals surface area contributed by atoms with Crippen LogP contribution in [0.2, 0.25) is 5.02 Å². The third-order valence-corrected chi connectivity index (χ3v) is 4.71. The molecular weight excluding hydrogens is 332 g/mol. The lowest BCUT2D eigenvalue weighted by molar-refractivity contribution is 0.276. The Morgan fingerprint density at radius 2 is 2.17 bits per heavy atom. The summed E-state index contributed by atoms with van der Waals surface area (Å²) in [6, 6.07) is 3.67. The lowest BCUT2D eigenvalue weighted by atomic mass is 10.0. The van der Waals surface area contributed by atoms with Gasteiger partial charge in [-0.1, -0.05) is 22.8 Å². The molecule has 7 nitrogen and oxygen atoms in total. The van der Waals surface area contributed by atoms with Crippen LogP contribution in [0.5, 0.6) is 11.5 Å². The predicted molar refractivity (Wildman–Crippen MR) is 89.6 cm³/mol. The number of hydrogen-bond donors (Lipinski definition) is 1. The van der Waals surface area contributed by atoms with Crippen LogP contribution in [0.4, 0.5) is 0 Å². The van der Waals surface area contributed by atoms with Crippen LogP contribution in [0.3, 0.4) is 0 Å². The Hall–Kier alpha value is -1.83. The van der Waals surface area contributed by atoms with Gasteiger partial charge in [-0.05, 0) is 25.1 Å². The number of aromatic nitrogens is 2.